The lowest BCUT2D eigenvalue weighted by Crippen LogP contribution is -2.55. The highest BCUT2D eigenvalue weighted by molar-refractivity contribution is 7.47. The van der Waals surface area contributed by atoms with Gasteiger partial charge in [0, 0.05) is 18.6 Å². The lowest BCUT2D eigenvalue weighted by molar-refractivity contribution is 0.0217. The van der Waals surface area contributed by atoms with Gasteiger partial charge in [-0.3, -0.25) is 19.2 Å². The van der Waals surface area contributed by atoms with Crippen LogP contribution in [0.4, 0.5) is 17.5 Å². The molecule has 2 aliphatic rings. The number of H-pyrrole nitrogens is 1. The van der Waals surface area contributed by atoms with Crippen molar-refractivity contribution in [3.05, 3.63) is 40.7 Å². The summed E-state index contributed by atoms with van der Waals surface area (Å²) in [4.78, 5) is 30.4. The van der Waals surface area contributed by atoms with Crippen molar-refractivity contribution in [3.8, 4) is 5.75 Å². The molecule has 4 rings (SSSR count). The minimum absolute atomic E-state index is 0.0153. The van der Waals surface area contributed by atoms with E-state index in [0.29, 0.717) is 24.6 Å². The Morgan fingerprint density at radius 2 is 2.10 bits per heavy atom. The van der Waals surface area contributed by atoms with Crippen molar-refractivity contribution in [1.82, 2.24) is 9.97 Å². The third-order valence-electron chi connectivity index (χ3n) is 5.29. The quantitative estimate of drug-likeness (QED) is 0.401. The number of rotatable bonds is 7. The number of anilines is 3. The first-order valence-electron chi connectivity index (χ1n) is 9.11. The molecular formula is C17H22N5O6P. The zero-order valence-corrected chi connectivity index (χ0v) is 16.3. The number of aromatic amines is 1. The molecule has 1 aromatic carbocycles. The van der Waals surface area contributed by atoms with E-state index in [4.69, 9.17) is 14.8 Å². The monoisotopic (exact) mass is 423 g/mol. The van der Waals surface area contributed by atoms with E-state index in [0.717, 1.165) is 0 Å². The zero-order valence-electron chi connectivity index (χ0n) is 15.4. The van der Waals surface area contributed by atoms with Crippen LogP contribution in [0.15, 0.2) is 35.1 Å². The van der Waals surface area contributed by atoms with E-state index in [1.165, 1.54) is 0 Å². The van der Waals surface area contributed by atoms with Gasteiger partial charge < -0.3 is 25.6 Å². The molecule has 1 aliphatic heterocycles. The van der Waals surface area contributed by atoms with E-state index in [1.54, 1.807) is 30.3 Å². The van der Waals surface area contributed by atoms with E-state index in [1.807, 2.05) is 4.90 Å². The largest absolute Gasteiger partial charge is 0.527 e. The number of nitrogens with one attached hydrogen (secondary N) is 2. The molecule has 2 aromatic rings. The Labute approximate surface area is 166 Å². The summed E-state index contributed by atoms with van der Waals surface area (Å²) in [5, 5.41) is 12.8. The molecule has 12 heteroatoms. The van der Waals surface area contributed by atoms with E-state index < -0.39 is 7.82 Å². The van der Waals surface area contributed by atoms with Crippen molar-refractivity contribution in [1.29, 1.82) is 0 Å². The van der Waals surface area contributed by atoms with Gasteiger partial charge in [0.1, 0.15) is 11.4 Å². The molecule has 1 unspecified atom stereocenters. The van der Waals surface area contributed by atoms with Crippen LogP contribution in [0.1, 0.15) is 6.42 Å². The van der Waals surface area contributed by atoms with Crippen molar-refractivity contribution in [2.45, 2.75) is 12.5 Å². The van der Waals surface area contributed by atoms with E-state index in [2.05, 4.69) is 15.3 Å². The fourth-order valence-electron chi connectivity index (χ4n) is 3.79. The standard InChI is InChI=1S/C17H22N5O6P/c18-17-20-15-14(16(24)21-17)19-9-22(15)13-6-10(12(13)7-23)8-27-29(25,26)28-11-4-2-1-3-5-11/h1-5,10,12-13,19,23H,6-9H2,(H,25,26)(H3,18,20,21,24)/t10-,12-,13-/m1/s1. The zero-order chi connectivity index (χ0) is 20.6. The van der Waals surface area contributed by atoms with Gasteiger partial charge in [0.25, 0.3) is 5.56 Å². The van der Waals surface area contributed by atoms with Crippen molar-refractivity contribution in [2.75, 3.05) is 35.8 Å². The number of phosphoric ester groups is 1. The molecule has 1 aromatic heterocycles. The highest BCUT2D eigenvalue weighted by atomic mass is 31.2. The Kier molecular flexibility index (Phi) is 5.22. The first-order chi connectivity index (χ1) is 13.9. The van der Waals surface area contributed by atoms with Crippen LogP contribution in [0.25, 0.3) is 0 Å². The van der Waals surface area contributed by atoms with E-state index in [-0.39, 0.29) is 48.3 Å². The molecule has 2 heterocycles. The number of benzene rings is 1. The Morgan fingerprint density at radius 3 is 2.83 bits per heavy atom. The summed E-state index contributed by atoms with van der Waals surface area (Å²) in [7, 11) is -4.28. The van der Waals surface area contributed by atoms with Crippen molar-refractivity contribution in [2.24, 2.45) is 11.8 Å². The smallest absolute Gasteiger partial charge is 0.404 e. The van der Waals surface area contributed by atoms with Gasteiger partial charge >= 0.3 is 7.82 Å². The third-order valence-corrected chi connectivity index (χ3v) is 6.20. The Morgan fingerprint density at radius 1 is 1.34 bits per heavy atom. The lowest BCUT2D eigenvalue weighted by Gasteiger charge is -2.48. The van der Waals surface area contributed by atoms with Gasteiger partial charge in [-0.15, -0.1) is 0 Å². The first-order valence-corrected chi connectivity index (χ1v) is 10.6. The van der Waals surface area contributed by atoms with E-state index >= 15 is 0 Å². The van der Waals surface area contributed by atoms with Crippen LogP contribution in [0.3, 0.4) is 0 Å². The number of para-hydroxylation sites is 1. The average Bonchev–Trinajstić information content (AvgIpc) is 3.05. The SMILES string of the molecule is Nc1nc2c(c(=O)[nH]1)NCN2[C@@H]1C[C@H](COP(=O)(O)Oc2ccccc2)[C@H]1CO. The third kappa shape index (κ3) is 3.95. The van der Waals surface area contributed by atoms with Gasteiger partial charge in [-0.2, -0.15) is 4.98 Å². The van der Waals surface area contributed by atoms with Crippen LogP contribution < -0.4 is 26.0 Å². The molecule has 0 radical (unpaired) electrons. The Bertz CT molecular complexity index is 986. The van der Waals surface area contributed by atoms with Gasteiger partial charge in [-0.25, -0.2) is 4.57 Å². The maximum absolute atomic E-state index is 12.2. The van der Waals surface area contributed by atoms with Crippen LogP contribution in [0.5, 0.6) is 5.75 Å². The molecule has 1 saturated carbocycles. The summed E-state index contributed by atoms with van der Waals surface area (Å²) in [6.45, 7) is 0.180. The molecule has 156 valence electrons. The number of nitrogens with zero attached hydrogens (tertiary/aromatic N) is 2. The number of aromatic nitrogens is 2. The minimum atomic E-state index is -4.28. The number of phosphoric acid groups is 1. The summed E-state index contributed by atoms with van der Waals surface area (Å²) < 4.78 is 22.3. The van der Waals surface area contributed by atoms with Crippen LogP contribution in [0.2, 0.25) is 0 Å². The Hall–Kier alpha value is -2.59. The minimum Gasteiger partial charge on any atom is -0.404 e. The highest BCUT2D eigenvalue weighted by Gasteiger charge is 2.47. The van der Waals surface area contributed by atoms with Crippen LogP contribution >= 0.6 is 7.82 Å². The Balaban J connectivity index is 1.38. The topological polar surface area (TPSA) is 163 Å². The van der Waals surface area contributed by atoms with Crippen LogP contribution in [0, 0.1) is 11.8 Å². The average molecular weight is 423 g/mol. The number of nitrogen functional groups attached to an aromatic ring is 1. The lowest BCUT2D eigenvalue weighted by atomic mass is 9.69. The number of nitrogens with two attached hydrogens (primary N) is 1. The summed E-state index contributed by atoms with van der Waals surface area (Å²) in [5.74, 6) is 0.322. The second-order valence-corrected chi connectivity index (χ2v) is 8.41. The number of aliphatic hydroxyl groups excluding tert-OH is 1. The fourth-order valence-corrected chi connectivity index (χ4v) is 4.61. The molecular weight excluding hydrogens is 401 g/mol. The first kappa shape index (κ1) is 19.7. The van der Waals surface area contributed by atoms with Crippen LogP contribution in [-0.4, -0.2) is 45.9 Å². The second-order valence-electron chi connectivity index (χ2n) is 7.03. The van der Waals surface area contributed by atoms with Crippen LogP contribution in [-0.2, 0) is 9.09 Å². The fraction of sp³-hybridized carbons (Fsp3) is 0.412. The van der Waals surface area contributed by atoms with Crippen molar-refractivity contribution >= 4 is 25.3 Å². The van der Waals surface area contributed by atoms with Gasteiger partial charge in [0.15, 0.2) is 5.82 Å². The molecule has 4 atom stereocenters. The molecule has 0 spiro atoms. The second kappa shape index (κ2) is 7.68. The molecule has 1 aliphatic carbocycles. The molecule has 0 bridgehead atoms. The molecule has 6 N–H and O–H groups in total. The summed E-state index contributed by atoms with van der Waals surface area (Å²) >= 11 is 0. The molecule has 29 heavy (non-hydrogen) atoms. The summed E-state index contributed by atoms with van der Waals surface area (Å²) in [6.07, 6.45) is 0.589. The maximum Gasteiger partial charge on any atom is 0.527 e. The predicted octanol–water partition coefficient (Wildman–Crippen LogP) is 0.734. The van der Waals surface area contributed by atoms with E-state index in [9.17, 15) is 19.4 Å². The number of fused-ring (bicyclic) bond motifs is 1. The van der Waals surface area contributed by atoms with Gasteiger partial charge in [-0.05, 0) is 24.5 Å². The normalized spacial score (nSPS) is 24.9. The highest BCUT2D eigenvalue weighted by Crippen LogP contribution is 2.48. The maximum atomic E-state index is 12.2. The van der Waals surface area contributed by atoms with Gasteiger partial charge in [0.2, 0.25) is 5.95 Å². The van der Waals surface area contributed by atoms with Gasteiger partial charge in [0.05, 0.1) is 13.3 Å². The van der Waals surface area contributed by atoms with Gasteiger partial charge in [-0.1, -0.05) is 18.2 Å². The predicted molar refractivity (Wildman–Crippen MR) is 106 cm³/mol. The number of aliphatic hydroxyl groups is 1. The van der Waals surface area contributed by atoms with Crippen molar-refractivity contribution < 1.29 is 23.6 Å². The summed E-state index contributed by atoms with van der Waals surface area (Å²) in [5.41, 5.74) is 5.63. The number of hydrogen-bond donors (Lipinski definition) is 5. The molecule has 11 nitrogen and oxygen atoms in total. The number of hydrogen-bond acceptors (Lipinski definition) is 9. The molecule has 0 amide bonds. The summed E-state index contributed by atoms with van der Waals surface area (Å²) in [6, 6.07) is 8.13. The molecule has 0 saturated heterocycles. The molecule has 1 fully saturated rings. The van der Waals surface area contributed by atoms with Crippen molar-refractivity contribution in [3.63, 3.8) is 0 Å².